The minimum absolute atomic E-state index is 0.0665. The van der Waals surface area contributed by atoms with Crippen molar-refractivity contribution in [3.05, 3.63) is 64.2 Å². The van der Waals surface area contributed by atoms with Gasteiger partial charge in [0.05, 0.1) is 29.1 Å². The first-order chi connectivity index (χ1) is 13.6. The van der Waals surface area contributed by atoms with Crippen molar-refractivity contribution < 1.29 is 18.0 Å². The van der Waals surface area contributed by atoms with E-state index < -0.39 is 28.8 Å². The fourth-order valence-corrected chi connectivity index (χ4v) is 3.16. The van der Waals surface area contributed by atoms with Crippen LogP contribution in [0.5, 0.6) is 0 Å². The van der Waals surface area contributed by atoms with Crippen LogP contribution in [0.2, 0.25) is 5.02 Å². The highest BCUT2D eigenvalue weighted by molar-refractivity contribution is 6.32. The molecule has 0 saturated heterocycles. The lowest BCUT2D eigenvalue weighted by Crippen LogP contribution is -2.25. The van der Waals surface area contributed by atoms with Gasteiger partial charge in [-0.05, 0) is 26.3 Å². The number of amides is 1. The van der Waals surface area contributed by atoms with Gasteiger partial charge in [0.1, 0.15) is 6.04 Å². The number of benzene rings is 1. The first-order valence-corrected chi connectivity index (χ1v) is 9.14. The van der Waals surface area contributed by atoms with Gasteiger partial charge in [-0.15, -0.1) is 0 Å². The van der Waals surface area contributed by atoms with Crippen LogP contribution in [0.4, 0.5) is 18.9 Å². The minimum Gasteiger partial charge on any atom is -0.322 e. The topological polar surface area (TPSA) is 64.7 Å². The van der Waals surface area contributed by atoms with E-state index in [1.54, 1.807) is 10.9 Å². The summed E-state index contributed by atoms with van der Waals surface area (Å²) in [5, 5.41) is 9.83. The van der Waals surface area contributed by atoms with Gasteiger partial charge in [-0.2, -0.15) is 23.4 Å². The zero-order valence-corrected chi connectivity index (χ0v) is 16.7. The summed E-state index contributed by atoms with van der Waals surface area (Å²) in [7, 11) is 0. The fourth-order valence-electron chi connectivity index (χ4n) is 2.93. The van der Waals surface area contributed by atoms with Crippen LogP contribution in [-0.2, 0) is 17.5 Å². The maximum atomic E-state index is 13.0. The molecule has 0 saturated carbocycles. The van der Waals surface area contributed by atoms with Crippen molar-refractivity contribution in [2.75, 3.05) is 5.32 Å². The van der Waals surface area contributed by atoms with Gasteiger partial charge in [-0.3, -0.25) is 14.2 Å². The molecule has 1 unspecified atom stereocenters. The second-order valence-electron chi connectivity index (χ2n) is 6.77. The SMILES string of the molecule is Cc1cccc(Cn2cc(NC(=O)C(C)n3nc(C(F)(F)F)c(Cl)c3C)cn2)c1. The first kappa shape index (κ1) is 20.9. The van der Waals surface area contributed by atoms with E-state index in [1.165, 1.54) is 20.0 Å². The van der Waals surface area contributed by atoms with Crippen molar-refractivity contribution >= 4 is 23.2 Å². The number of carbonyl (C=O) groups is 1. The number of carbonyl (C=O) groups excluding carboxylic acids is 1. The smallest absolute Gasteiger partial charge is 0.322 e. The largest absolute Gasteiger partial charge is 0.436 e. The molecular weight excluding hydrogens is 407 g/mol. The molecule has 0 aliphatic rings. The normalized spacial score (nSPS) is 12.8. The van der Waals surface area contributed by atoms with Gasteiger partial charge in [0.15, 0.2) is 5.69 Å². The van der Waals surface area contributed by atoms with Gasteiger partial charge in [0.2, 0.25) is 5.91 Å². The molecular formula is C19H19ClF3N5O. The standard InChI is InChI=1S/C19H19ClF3N5O/c1-11-5-4-6-14(7-11)9-27-10-15(8-24-27)25-18(29)13(3)28-12(2)16(20)17(26-28)19(21,22)23/h4-8,10,13H,9H2,1-3H3,(H,25,29). The Morgan fingerprint density at radius 1 is 1.31 bits per heavy atom. The van der Waals surface area contributed by atoms with E-state index >= 15 is 0 Å². The summed E-state index contributed by atoms with van der Waals surface area (Å²) in [5.74, 6) is -0.531. The predicted octanol–water partition coefficient (Wildman–Crippen LogP) is 4.62. The molecule has 3 aromatic rings. The Bertz CT molecular complexity index is 1040. The van der Waals surface area contributed by atoms with Crippen LogP contribution in [0.3, 0.4) is 0 Å². The summed E-state index contributed by atoms with van der Waals surface area (Å²) in [6.45, 7) is 5.35. The molecule has 1 aromatic carbocycles. The lowest BCUT2D eigenvalue weighted by Gasteiger charge is -2.13. The first-order valence-electron chi connectivity index (χ1n) is 8.77. The van der Waals surface area contributed by atoms with E-state index in [0.29, 0.717) is 12.2 Å². The molecule has 10 heteroatoms. The number of aromatic nitrogens is 4. The molecule has 1 amide bonds. The molecule has 29 heavy (non-hydrogen) atoms. The summed E-state index contributed by atoms with van der Waals surface area (Å²) >= 11 is 5.75. The molecule has 0 bridgehead atoms. The number of rotatable bonds is 5. The van der Waals surface area contributed by atoms with Gasteiger partial charge >= 0.3 is 6.18 Å². The minimum atomic E-state index is -4.69. The van der Waals surface area contributed by atoms with Gasteiger partial charge in [0, 0.05) is 6.20 Å². The van der Waals surface area contributed by atoms with Crippen LogP contribution < -0.4 is 5.32 Å². The Balaban J connectivity index is 1.72. The highest BCUT2D eigenvalue weighted by Gasteiger charge is 2.39. The van der Waals surface area contributed by atoms with E-state index in [2.05, 4.69) is 15.5 Å². The third kappa shape index (κ3) is 4.61. The molecule has 0 radical (unpaired) electrons. The van der Waals surface area contributed by atoms with Crippen molar-refractivity contribution in [2.24, 2.45) is 0 Å². The highest BCUT2D eigenvalue weighted by atomic mass is 35.5. The molecule has 154 valence electrons. The number of hydrogen-bond acceptors (Lipinski definition) is 3. The summed E-state index contributed by atoms with van der Waals surface area (Å²) in [5.41, 5.74) is 1.48. The van der Waals surface area contributed by atoms with Gasteiger partial charge in [-0.1, -0.05) is 41.4 Å². The number of nitrogens with one attached hydrogen (secondary N) is 1. The molecule has 0 aliphatic carbocycles. The van der Waals surface area contributed by atoms with E-state index in [-0.39, 0.29) is 5.69 Å². The lowest BCUT2D eigenvalue weighted by atomic mass is 10.1. The lowest BCUT2D eigenvalue weighted by molar-refractivity contribution is -0.141. The van der Waals surface area contributed by atoms with Crippen LogP contribution in [0.25, 0.3) is 0 Å². The second kappa shape index (κ2) is 7.90. The van der Waals surface area contributed by atoms with E-state index in [1.807, 2.05) is 31.2 Å². The van der Waals surface area contributed by atoms with Crippen LogP contribution in [0.15, 0.2) is 36.7 Å². The van der Waals surface area contributed by atoms with Crippen LogP contribution in [-0.4, -0.2) is 25.5 Å². The number of halogens is 4. The Hall–Kier alpha value is -2.81. The summed E-state index contributed by atoms with van der Waals surface area (Å²) < 4.78 is 41.6. The predicted molar refractivity (Wildman–Crippen MR) is 103 cm³/mol. The Labute approximate surface area is 170 Å². The van der Waals surface area contributed by atoms with Crippen molar-refractivity contribution in [3.63, 3.8) is 0 Å². The van der Waals surface area contributed by atoms with Crippen molar-refractivity contribution in [2.45, 2.75) is 39.5 Å². The van der Waals surface area contributed by atoms with Crippen LogP contribution >= 0.6 is 11.6 Å². The number of anilines is 1. The highest BCUT2D eigenvalue weighted by Crippen LogP contribution is 2.36. The van der Waals surface area contributed by atoms with Gasteiger partial charge < -0.3 is 5.32 Å². The molecule has 1 N–H and O–H groups in total. The third-order valence-electron chi connectivity index (χ3n) is 4.42. The van der Waals surface area contributed by atoms with Crippen molar-refractivity contribution in [1.29, 1.82) is 0 Å². The van der Waals surface area contributed by atoms with Crippen molar-refractivity contribution in [3.8, 4) is 0 Å². The number of hydrogen-bond donors (Lipinski definition) is 1. The van der Waals surface area contributed by atoms with Crippen LogP contribution in [0, 0.1) is 13.8 Å². The van der Waals surface area contributed by atoms with Gasteiger partial charge in [0.25, 0.3) is 0 Å². The third-order valence-corrected chi connectivity index (χ3v) is 4.87. The number of nitrogens with zero attached hydrogens (tertiary/aromatic N) is 4. The molecule has 6 nitrogen and oxygen atoms in total. The maximum Gasteiger partial charge on any atom is 0.436 e. The number of aryl methyl sites for hydroxylation is 1. The van der Waals surface area contributed by atoms with E-state index in [4.69, 9.17) is 11.6 Å². The Morgan fingerprint density at radius 2 is 2.03 bits per heavy atom. The summed E-state index contributed by atoms with van der Waals surface area (Å²) in [6, 6.07) is 6.95. The van der Waals surface area contributed by atoms with E-state index in [0.717, 1.165) is 15.8 Å². The zero-order valence-electron chi connectivity index (χ0n) is 16.0. The van der Waals surface area contributed by atoms with Crippen molar-refractivity contribution in [1.82, 2.24) is 19.6 Å². The second-order valence-corrected chi connectivity index (χ2v) is 7.15. The number of alkyl halides is 3. The molecule has 2 heterocycles. The van der Waals surface area contributed by atoms with Gasteiger partial charge in [-0.25, -0.2) is 0 Å². The molecule has 1 atom stereocenters. The average molecular weight is 426 g/mol. The summed E-state index contributed by atoms with van der Waals surface area (Å²) in [6.07, 6.45) is -1.57. The molecule has 0 aliphatic heterocycles. The zero-order chi connectivity index (χ0) is 21.3. The fraction of sp³-hybridized carbons (Fsp3) is 0.316. The quantitative estimate of drug-likeness (QED) is 0.649. The molecule has 3 rings (SSSR count). The Kier molecular flexibility index (Phi) is 5.70. The van der Waals surface area contributed by atoms with E-state index in [9.17, 15) is 18.0 Å². The molecule has 2 aromatic heterocycles. The summed E-state index contributed by atoms with van der Waals surface area (Å²) in [4.78, 5) is 12.5. The molecule has 0 fully saturated rings. The van der Waals surface area contributed by atoms with Crippen LogP contribution in [0.1, 0.15) is 35.5 Å². The monoisotopic (exact) mass is 425 g/mol. The Morgan fingerprint density at radius 3 is 2.66 bits per heavy atom. The average Bonchev–Trinajstić information content (AvgIpc) is 3.19. The maximum absolute atomic E-state index is 13.0. The molecule has 0 spiro atoms.